The van der Waals surface area contributed by atoms with Crippen LogP contribution in [-0.2, 0) is 0 Å². The van der Waals surface area contributed by atoms with Gasteiger partial charge in [0.2, 0.25) is 0 Å². The van der Waals surface area contributed by atoms with Crippen molar-refractivity contribution in [3.05, 3.63) is 0 Å². The Morgan fingerprint density at radius 2 is 2.29 bits per heavy atom. The molecule has 0 amide bonds. The molecule has 0 heterocycles. The smallest absolute Gasteiger partial charge is 0.141 e. The maximum Gasteiger partial charge on any atom is 0.141 e. The fraction of sp³-hybridized carbons (Fsp3) is 0.750. The van der Waals surface area contributed by atoms with Gasteiger partial charge in [-0.2, -0.15) is 0 Å². The Kier molecular flexibility index (Phi) is 3.32. The molecular formula is C4H12N3+. The van der Waals surface area contributed by atoms with E-state index in [1.165, 1.54) is 0 Å². The third-order valence-electron chi connectivity index (χ3n) is 0.689. The summed E-state index contributed by atoms with van der Waals surface area (Å²) in [4.78, 5) is 3.85. The van der Waals surface area contributed by atoms with Crippen LogP contribution < -0.4 is 10.9 Å². The molecule has 0 aliphatic rings. The van der Waals surface area contributed by atoms with Crippen molar-refractivity contribution >= 4 is 5.84 Å². The molecule has 0 aliphatic carbocycles. The van der Waals surface area contributed by atoms with E-state index < -0.39 is 0 Å². The van der Waals surface area contributed by atoms with Gasteiger partial charge in [-0.15, -0.1) is 0 Å². The Labute approximate surface area is 43.8 Å². The third-order valence-corrected chi connectivity index (χ3v) is 0.689. The summed E-state index contributed by atoms with van der Waals surface area (Å²) in [7, 11) is 3.68. The molecule has 0 saturated carbocycles. The molecule has 0 saturated heterocycles. The Bertz CT molecular complexity index is 67.3. The van der Waals surface area contributed by atoms with E-state index in [2.05, 4.69) is 10.4 Å². The number of aliphatic imine (C=N–C) groups is 1. The fourth-order valence-electron chi connectivity index (χ4n) is 0.273. The van der Waals surface area contributed by atoms with E-state index in [9.17, 15) is 0 Å². The molecule has 0 aliphatic heterocycles. The SMILES string of the molecule is CN=C(C)N[NH2+]C. The molecule has 3 heteroatoms. The van der Waals surface area contributed by atoms with E-state index in [1.807, 2.05) is 19.4 Å². The number of quaternary nitrogens is 1. The maximum absolute atomic E-state index is 3.85. The van der Waals surface area contributed by atoms with Crippen LogP contribution in [0.25, 0.3) is 0 Å². The summed E-state index contributed by atoms with van der Waals surface area (Å²) in [6.45, 7) is 1.92. The largest absolute Gasteiger partial charge is 0.272 e. The second kappa shape index (κ2) is 3.61. The van der Waals surface area contributed by atoms with Crippen molar-refractivity contribution < 1.29 is 5.43 Å². The number of nitrogens with one attached hydrogen (secondary N) is 1. The highest BCUT2D eigenvalue weighted by Gasteiger charge is 1.79. The van der Waals surface area contributed by atoms with Gasteiger partial charge in [-0.05, 0) is 6.92 Å². The van der Waals surface area contributed by atoms with Gasteiger partial charge < -0.3 is 0 Å². The van der Waals surface area contributed by atoms with Gasteiger partial charge in [0, 0.05) is 7.05 Å². The lowest BCUT2D eigenvalue weighted by atomic mass is 10.7. The van der Waals surface area contributed by atoms with Crippen LogP contribution in [0, 0.1) is 0 Å². The van der Waals surface area contributed by atoms with Crippen LogP contribution >= 0.6 is 0 Å². The Morgan fingerprint density at radius 3 is 2.43 bits per heavy atom. The number of nitrogens with two attached hydrogens (primary N) is 1. The zero-order valence-corrected chi connectivity index (χ0v) is 5.02. The van der Waals surface area contributed by atoms with Gasteiger partial charge in [0.25, 0.3) is 0 Å². The number of hydrogen-bond donors (Lipinski definition) is 2. The molecule has 3 nitrogen and oxygen atoms in total. The average Bonchev–Trinajstić information content (AvgIpc) is 1.68. The number of hydrogen-bond acceptors (Lipinski definition) is 1. The van der Waals surface area contributed by atoms with Gasteiger partial charge in [-0.3, -0.25) is 4.99 Å². The maximum atomic E-state index is 3.85. The van der Waals surface area contributed by atoms with Crippen LogP contribution in [0.5, 0.6) is 0 Å². The summed E-state index contributed by atoms with van der Waals surface area (Å²) in [5.74, 6) is 0.947. The monoisotopic (exact) mass is 102 g/mol. The van der Waals surface area contributed by atoms with Crippen LogP contribution in [0.3, 0.4) is 0 Å². The summed E-state index contributed by atoms with van der Waals surface area (Å²) in [6, 6.07) is 0. The molecular weight excluding hydrogens is 90.1 g/mol. The predicted molar refractivity (Wildman–Crippen MR) is 30.0 cm³/mol. The molecule has 42 valence electrons. The quantitative estimate of drug-likeness (QED) is 0.184. The van der Waals surface area contributed by atoms with Crippen molar-refractivity contribution in [1.82, 2.24) is 5.43 Å². The molecule has 0 aromatic rings. The van der Waals surface area contributed by atoms with E-state index in [-0.39, 0.29) is 0 Å². The van der Waals surface area contributed by atoms with Gasteiger partial charge >= 0.3 is 0 Å². The summed E-state index contributed by atoms with van der Waals surface area (Å²) in [6.07, 6.45) is 0. The number of amidine groups is 1. The normalized spacial score (nSPS) is 11.6. The van der Waals surface area contributed by atoms with E-state index in [4.69, 9.17) is 0 Å². The molecule has 0 rings (SSSR count). The zero-order chi connectivity index (χ0) is 5.70. The van der Waals surface area contributed by atoms with Crippen molar-refractivity contribution in [3.63, 3.8) is 0 Å². The minimum absolute atomic E-state index is 0.947. The minimum atomic E-state index is 0.947. The van der Waals surface area contributed by atoms with Crippen molar-refractivity contribution in [1.29, 1.82) is 0 Å². The van der Waals surface area contributed by atoms with Crippen LogP contribution in [-0.4, -0.2) is 19.9 Å². The molecule has 0 aromatic carbocycles. The minimum Gasteiger partial charge on any atom is -0.272 e. The van der Waals surface area contributed by atoms with Gasteiger partial charge in [0.1, 0.15) is 5.84 Å². The van der Waals surface area contributed by atoms with Crippen LogP contribution in [0.15, 0.2) is 4.99 Å². The molecule has 0 atom stereocenters. The molecule has 7 heavy (non-hydrogen) atoms. The van der Waals surface area contributed by atoms with Crippen molar-refractivity contribution in [2.45, 2.75) is 6.92 Å². The van der Waals surface area contributed by atoms with Gasteiger partial charge in [-0.25, -0.2) is 10.9 Å². The molecule has 0 bridgehead atoms. The fourth-order valence-corrected chi connectivity index (χ4v) is 0.273. The van der Waals surface area contributed by atoms with Crippen molar-refractivity contribution in [3.8, 4) is 0 Å². The topological polar surface area (TPSA) is 41.0 Å². The molecule has 0 unspecified atom stereocenters. The standard InChI is InChI=1S/C4H11N3/c1-4(5-2)7-6-3/h6H,1-3H3,(H,5,7)/p+1. The summed E-state index contributed by atoms with van der Waals surface area (Å²) < 4.78 is 0. The molecule has 3 N–H and O–H groups in total. The summed E-state index contributed by atoms with van der Waals surface area (Å²) >= 11 is 0. The van der Waals surface area contributed by atoms with E-state index in [0.717, 1.165) is 5.84 Å². The van der Waals surface area contributed by atoms with E-state index in [1.54, 1.807) is 7.05 Å². The highest BCUT2D eigenvalue weighted by atomic mass is 15.4. The van der Waals surface area contributed by atoms with E-state index >= 15 is 0 Å². The number of nitrogens with zero attached hydrogens (tertiary/aromatic N) is 1. The second-order valence-corrected chi connectivity index (χ2v) is 1.24. The first-order chi connectivity index (χ1) is 3.31. The molecule has 0 aromatic heterocycles. The number of rotatable bonds is 1. The van der Waals surface area contributed by atoms with Crippen molar-refractivity contribution in [2.75, 3.05) is 14.1 Å². The summed E-state index contributed by atoms with van der Waals surface area (Å²) in [5, 5.41) is 0. The Morgan fingerprint density at radius 1 is 1.71 bits per heavy atom. The predicted octanol–water partition coefficient (Wildman–Crippen LogP) is -1.27. The van der Waals surface area contributed by atoms with Crippen LogP contribution in [0.1, 0.15) is 6.92 Å². The van der Waals surface area contributed by atoms with Gasteiger partial charge in [0.05, 0.1) is 7.05 Å². The third kappa shape index (κ3) is 3.26. The zero-order valence-electron chi connectivity index (χ0n) is 5.02. The lowest BCUT2D eigenvalue weighted by Gasteiger charge is -1.94. The summed E-state index contributed by atoms with van der Waals surface area (Å²) in [5.41, 5.74) is 4.77. The first kappa shape index (κ1) is 6.43. The first-order valence-corrected chi connectivity index (χ1v) is 2.29. The van der Waals surface area contributed by atoms with Crippen molar-refractivity contribution in [2.24, 2.45) is 4.99 Å². The molecule has 0 spiro atoms. The lowest BCUT2D eigenvalue weighted by molar-refractivity contribution is -0.669. The van der Waals surface area contributed by atoms with E-state index in [0.29, 0.717) is 0 Å². The lowest BCUT2D eigenvalue weighted by Crippen LogP contribution is -2.90. The van der Waals surface area contributed by atoms with Gasteiger partial charge in [0.15, 0.2) is 0 Å². The van der Waals surface area contributed by atoms with Gasteiger partial charge in [-0.1, -0.05) is 0 Å². The molecule has 0 fully saturated rings. The Balaban J connectivity index is 3.17. The van der Waals surface area contributed by atoms with Crippen LogP contribution in [0.4, 0.5) is 0 Å². The first-order valence-electron chi connectivity index (χ1n) is 2.29. The highest BCUT2D eigenvalue weighted by molar-refractivity contribution is 5.77. The second-order valence-electron chi connectivity index (χ2n) is 1.24. The highest BCUT2D eigenvalue weighted by Crippen LogP contribution is 1.56. The Hall–Kier alpha value is -0.570. The molecule has 0 radical (unpaired) electrons. The van der Waals surface area contributed by atoms with Crippen LogP contribution in [0.2, 0.25) is 0 Å². The average molecular weight is 102 g/mol.